The second kappa shape index (κ2) is 6.75. The number of nitrogens with two attached hydrogens (primary N) is 1. The minimum atomic E-state index is -0.281. The number of aromatic nitrogens is 2. The van der Waals surface area contributed by atoms with Crippen LogP contribution in [0.3, 0.4) is 0 Å². The van der Waals surface area contributed by atoms with Crippen molar-refractivity contribution in [2.24, 2.45) is 0 Å². The summed E-state index contributed by atoms with van der Waals surface area (Å²) in [6, 6.07) is 8.42. The Labute approximate surface area is 165 Å². The highest BCUT2D eigenvalue weighted by Gasteiger charge is 2.42. The Bertz CT molecular complexity index is 975. The lowest BCUT2D eigenvalue weighted by molar-refractivity contribution is -0.0877. The number of piperidine rings is 1. The second-order valence-electron chi connectivity index (χ2n) is 7.28. The molecule has 28 heavy (non-hydrogen) atoms. The molecule has 4 heterocycles. The molecule has 0 aliphatic carbocycles. The number of benzene rings is 1. The molecule has 1 aromatic carbocycles. The van der Waals surface area contributed by atoms with Crippen LogP contribution in [-0.2, 0) is 4.74 Å². The van der Waals surface area contributed by atoms with Gasteiger partial charge in [0.2, 0.25) is 0 Å². The van der Waals surface area contributed by atoms with E-state index in [4.69, 9.17) is 14.9 Å². The Hall–Kier alpha value is -2.65. The Kier molecular flexibility index (Phi) is 4.21. The molecule has 146 valence electrons. The van der Waals surface area contributed by atoms with Crippen molar-refractivity contribution in [3.63, 3.8) is 0 Å². The maximum Gasteiger partial charge on any atom is 0.298 e. The van der Waals surface area contributed by atoms with Crippen molar-refractivity contribution in [1.82, 2.24) is 14.9 Å². The number of carbonyl (C=O) groups excluding carboxylic acids is 1. The summed E-state index contributed by atoms with van der Waals surface area (Å²) in [6.45, 7) is 3.35. The third-order valence-corrected chi connectivity index (χ3v) is 6.18. The standard InChI is InChI=1S/C19H21N5O3S/c20-17-21-14(11-28-17)16(25)23-7-5-19(6-8-23)12-24(9-10-26-19)18-22-13-3-1-2-4-15(13)27-18/h1-4,11H,5-10,12H2,(H2,20,21). The number of amides is 1. The van der Waals surface area contributed by atoms with Crippen molar-refractivity contribution in [2.45, 2.75) is 18.4 Å². The van der Waals surface area contributed by atoms with Gasteiger partial charge in [0.1, 0.15) is 11.2 Å². The summed E-state index contributed by atoms with van der Waals surface area (Å²) in [5.74, 6) is -0.0607. The molecule has 2 saturated heterocycles. The van der Waals surface area contributed by atoms with E-state index in [9.17, 15) is 4.79 Å². The number of likely N-dealkylation sites (tertiary alicyclic amines) is 1. The van der Waals surface area contributed by atoms with E-state index in [1.807, 2.05) is 29.2 Å². The second-order valence-corrected chi connectivity index (χ2v) is 8.17. The number of ether oxygens (including phenoxy) is 1. The number of carbonyl (C=O) groups is 1. The Balaban J connectivity index is 1.28. The van der Waals surface area contributed by atoms with E-state index >= 15 is 0 Å². The third kappa shape index (κ3) is 3.10. The average molecular weight is 399 g/mol. The van der Waals surface area contributed by atoms with E-state index in [0.717, 1.165) is 30.5 Å². The van der Waals surface area contributed by atoms with Crippen LogP contribution in [0.5, 0.6) is 0 Å². The molecule has 0 unspecified atom stereocenters. The van der Waals surface area contributed by atoms with Gasteiger partial charge in [-0.15, -0.1) is 11.3 Å². The van der Waals surface area contributed by atoms with Gasteiger partial charge in [-0.2, -0.15) is 4.98 Å². The number of thiazole rings is 1. The number of morpholine rings is 1. The Morgan fingerprint density at radius 3 is 2.75 bits per heavy atom. The normalized spacial score (nSPS) is 19.4. The maximum atomic E-state index is 12.6. The fraction of sp³-hybridized carbons (Fsp3) is 0.421. The van der Waals surface area contributed by atoms with Crippen molar-refractivity contribution in [1.29, 1.82) is 0 Å². The summed E-state index contributed by atoms with van der Waals surface area (Å²) in [7, 11) is 0. The summed E-state index contributed by atoms with van der Waals surface area (Å²) in [5, 5.41) is 2.13. The number of rotatable bonds is 2. The predicted molar refractivity (Wildman–Crippen MR) is 107 cm³/mol. The number of nitrogen functional groups attached to an aromatic ring is 1. The van der Waals surface area contributed by atoms with Crippen LogP contribution in [0, 0.1) is 0 Å². The molecule has 5 rings (SSSR count). The summed E-state index contributed by atoms with van der Waals surface area (Å²) < 4.78 is 12.1. The molecule has 2 aliphatic heterocycles. The van der Waals surface area contributed by atoms with Gasteiger partial charge in [-0.25, -0.2) is 4.98 Å². The fourth-order valence-corrected chi connectivity index (χ4v) is 4.51. The van der Waals surface area contributed by atoms with Crippen LogP contribution in [0.1, 0.15) is 23.3 Å². The zero-order valence-corrected chi connectivity index (χ0v) is 16.2. The van der Waals surface area contributed by atoms with E-state index < -0.39 is 0 Å². The Morgan fingerprint density at radius 2 is 2.00 bits per heavy atom. The number of nitrogens with zero attached hydrogens (tertiary/aromatic N) is 4. The molecule has 2 fully saturated rings. The fourth-order valence-electron chi connectivity index (χ4n) is 3.97. The van der Waals surface area contributed by atoms with Gasteiger partial charge in [0, 0.05) is 25.0 Å². The van der Waals surface area contributed by atoms with Gasteiger partial charge in [0.05, 0.1) is 18.8 Å². The maximum absolute atomic E-state index is 12.6. The number of hydrogen-bond acceptors (Lipinski definition) is 8. The molecular formula is C19H21N5O3S. The average Bonchev–Trinajstić information content (AvgIpc) is 3.34. The number of oxazole rings is 1. The van der Waals surface area contributed by atoms with Crippen molar-refractivity contribution in [2.75, 3.05) is 43.4 Å². The van der Waals surface area contributed by atoms with Crippen LogP contribution in [0.2, 0.25) is 0 Å². The zero-order valence-electron chi connectivity index (χ0n) is 15.3. The van der Waals surface area contributed by atoms with Gasteiger partial charge in [-0.1, -0.05) is 12.1 Å². The van der Waals surface area contributed by atoms with E-state index in [1.165, 1.54) is 11.3 Å². The van der Waals surface area contributed by atoms with Crippen LogP contribution < -0.4 is 10.6 Å². The summed E-state index contributed by atoms with van der Waals surface area (Å²) in [4.78, 5) is 25.3. The Morgan fingerprint density at radius 1 is 1.18 bits per heavy atom. The molecule has 9 heteroatoms. The van der Waals surface area contributed by atoms with Crippen molar-refractivity contribution >= 4 is 39.5 Å². The van der Waals surface area contributed by atoms with E-state index in [-0.39, 0.29) is 11.5 Å². The minimum Gasteiger partial charge on any atom is -0.423 e. The predicted octanol–water partition coefficient (Wildman–Crippen LogP) is 2.38. The highest BCUT2D eigenvalue weighted by atomic mass is 32.1. The molecule has 2 aromatic heterocycles. The molecule has 0 atom stereocenters. The molecular weight excluding hydrogens is 378 g/mol. The topological polar surface area (TPSA) is 97.7 Å². The van der Waals surface area contributed by atoms with Crippen LogP contribution in [-0.4, -0.2) is 59.2 Å². The first kappa shape index (κ1) is 17.4. The molecule has 2 aliphatic rings. The van der Waals surface area contributed by atoms with Gasteiger partial charge in [0.15, 0.2) is 10.7 Å². The number of hydrogen-bond donors (Lipinski definition) is 1. The van der Waals surface area contributed by atoms with Crippen LogP contribution in [0.4, 0.5) is 11.1 Å². The third-order valence-electron chi connectivity index (χ3n) is 5.50. The van der Waals surface area contributed by atoms with Gasteiger partial charge < -0.3 is 24.7 Å². The quantitative estimate of drug-likeness (QED) is 0.706. The highest BCUT2D eigenvalue weighted by Crippen LogP contribution is 2.33. The number of anilines is 2. The monoisotopic (exact) mass is 399 g/mol. The van der Waals surface area contributed by atoms with E-state index in [2.05, 4.69) is 14.9 Å². The van der Waals surface area contributed by atoms with Crippen LogP contribution in [0.25, 0.3) is 11.1 Å². The molecule has 0 radical (unpaired) electrons. The molecule has 1 spiro atoms. The van der Waals surface area contributed by atoms with Crippen molar-refractivity contribution in [3.05, 3.63) is 35.3 Å². The lowest BCUT2D eigenvalue weighted by Gasteiger charge is -2.46. The largest absolute Gasteiger partial charge is 0.423 e. The highest BCUT2D eigenvalue weighted by molar-refractivity contribution is 7.13. The lowest BCUT2D eigenvalue weighted by atomic mass is 9.89. The molecule has 8 nitrogen and oxygen atoms in total. The van der Waals surface area contributed by atoms with Crippen molar-refractivity contribution < 1.29 is 13.9 Å². The molecule has 1 amide bonds. The number of fused-ring (bicyclic) bond motifs is 1. The van der Waals surface area contributed by atoms with Gasteiger partial charge in [-0.3, -0.25) is 4.79 Å². The van der Waals surface area contributed by atoms with E-state index in [0.29, 0.717) is 43.1 Å². The summed E-state index contributed by atoms with van der Waals surface area (Å²) in [6.07, 6.45) is 1.55. The lowest BCUT2D eigenvalue weighted by Crippen LogP contribution is -2.57. The van der Waals surface area contributed by atoms with Gasteiger partial charge in [0.25, 0.3) is 11.9 Å². The molecule has 2 N–H and O–H groups in total. The van der Waals surface area contributed by atoms with Gasteiger partial charge in [-0.05, 0) is 25.0 Å². The summed E-state index contributed by atoms with van der Waals surface area (Å²) in [5.41, 5.74) is 7.45. The van der Waals surface area contributed by atoms with Crippen LogP contribution in [0.15, 0.2) is 34.1 Å². The smallest absolute Gasteiger partial charge is 0.298 e. The molecule has 0 bridgehead atoms. The summed E-state index contributed by atoms with van der Waals surface area (Å²) >= 11 is 1.29. The van der Waals surface area contributed by atoms with E-state index in [1.54, 1.807) is 5.38 Å². The first-order valence-electron chi connectivity index (χ1n) is 9.37. The zero-order chi connectivity index (χ0) is 19.1. The van der Waals surface area contributed by atoms with Crippen LogP contribution >= 0.6 is 11.3 Å². The van der Waals surface area contributed by atoms with Crippen molar-refractivity contribution in [3.8, 4) is 0 Å². The molecule has 3 aromatic rings. The first-order chi connectivity index (χ1) is 13.6. The number of para-hydroxylation sites is 2. The first-order valence-corrected chi connectivity index (χ1v) is 10.2. The molecule has 0 saturated carbocycles. The SMILES string of the molecule is Nc1nc(C(=O)N2CCC3(CC2)CN(c2nc4ccccc4o2)CCO3)cs1. The minimum absolute atomic E-state index is 0.0607. The van der Waals surface area contributed by atoms with Gasteiger partial charge >= 0.3 is 0 Å².